The van der Waals surface area contributed by atoms with Crippen LogP contribution in [0.1, 0.15) is 49.9 Å². The minimum atomic E-state index is -0.910. The Bertz CT molecular complexity index is 648. The smallest absolute Gasteiger partial charge is 0.325 e. The number of rotatable bonds is 6. The number of aromatic nitrogens is 4. The topological polar surface area (TPSA) is 80.9 Å². The molecule has 1 N–H and O–H groups in total. The fourth-order valence-corrected chi connectivity index (χ4v) is 3.66. The second kappa shape index (κ2) is 6.89. The van der Waals surface area contributed by atoms with Gasteiger partial charge in [0.1, 0.15) is 6.54 Å². The van der Waals surface area contributed by atoms with Crippen molar-refractivity contribution in [1.29, 1.82) is 0 Å². The average molecular weight is 314 g/mol. The maximum atomic E-state index is 11.1. The van der Waals surface area contributed by atoms with Gasteiger partial charge < -0.3 is 5.11 Å². The summed E-state index contributed by atoms with van der Waals surface area (Å²) in [6.45, 7) is -0.171. The maximum Gasteiger partial charge on any atom is 0.325 e. The Hall–Kier alpha value is -2.24. The van der Waals surface area contributed by atoms with Crippen LogP contribution in [-0.4, -0.2) is 31.3 Å². The third kappa shape index (κ3) is 3.57. The standard InChI is InChI=1S/C17H22N4O2/c22-15(23)13-21-16(18-19-20-21)17(10-5-2-6-11-17)12-9-14-7-3-1-4-8-14/h1,3-4,7-8H,2,5-6,9-13H2,(H,22,23). The van der Waals surface area contributed by atoms with E-state index < -0.39 is 5.97 Å². The number of tetrazole rings is 1. The molecule has 1 aromatic heterocycles. The molecule has 2 aromatic rings. The zero-order chi connectivity index (χ0) is 16.1. The number of carboxylic acids is 1. The fraction of sp³-hybridized carbons (Fsp3) is 0.529. The predicted molar refractivity (Wildman–Crippen MR) is 85.0 cm³/mol. The molecular weight excluding hydrogens is 292 g/mol. The first-order chi connectivity index (χ1) is 11.2. The molecular formula is C17H22N4O2. The molecule has 1 aliphatic rings. The van der Waals surface area contributed by atoms with Gasteiger partial charge in [-0.1, -0.05) is 49.6 Å². The highest BCUT2D eigenvalue weighted by atomic mass is 16.4. The van der Waals surface area contributed by atoms with Crippen LogP contribution in [0.25, 0.3) is 0 Å². The largest absolute Gasteiger partial charge is 0.480 e. The van der Waals surface area contributed by atoms with E-state index in [0.717, 1.165) is 44.3 Å². The number of nitrogens with zero attached hydrogens (tertiary/aromatic N) is 4. The van der Waals surface area contributed by atoms with Crippen molar-refractivity contribution < 1.29 is 9.90 Å². The van der Waals surface area contributed by atoms with Crippen molar-refractivity contribution in [2.75, 3.05) is 0 Å². The number of aliphatic carboxylic acids is 1. The van der Waals surface area contributed by atoms with Gasteiger partial charge in [0, 0.05) is 5.41 Å². The number of hydrogen-bond donors (Lipinski definition) is 1. The lowest BCUT2D eigenvalue weighted by Gasteiger charge is -2.36. The Morgan fingerprint density at radius 3 is 2.61 bits per heavy atom. The van der Waals surface area contributed by atoms with Crippen LogP contribution in [0.5, 0.6) is 0 Å². The lowest BCUT2D eigenvalue weighted by molar-refractivity contribution is -0.138. The Kier molecular flexibility index (Phi) is 4.69. The van der Waals surface area contributed by atoms with E-state index in [1.807, 2.05) is 6.07 Å². The first-order valence-corrected chi connectivity index (χ1v) is 8.22. The van der Waals surface area contributed by atoms with Gasteiger partial charge in [0.25, 0.3) is 0 Å². The normalized spacial score (nSPS) is 17.0. The fourth-order valence-electron chi connectivity index (χ4n) is 3.66. The summed E-state index contributed by atoms with van der Waals surface area (Å²) in [5, 5.41) is 21.0. The highest BCUT2D eigenvalue weighted by molar-refractivity contribution is 5.66. The summed E-state index contributed by atoms with van der Waals surface area (Å²) in [5.41, 5.74) is 1.20. The molecule has 122 valence electrons. The first kappa shape index (κ1) is 15.6. The Labute approximate surface area is 135 Å². The molecule has 1 fully saturated rings. The molecule has 1 heterocycles. The van der Waals surface area contributed by atoms with E-state index in [0.29, 0.717) is 0 Å². The minimum Gasteiger partial charge on any atom is -0.480 e. The molecule has 6 heteroatoms. The van der Waals surface area contributed by atoms with E-state index in [1.54, 1.807) is 0 Å². The molecule has 0 radical (unpaired) electrons. The van der Waals surface area contributed by atoms with Gasteiger partial charge in [0.2, 0.25) is 0 Å². The maximum absolute atomic E-state index is 11.1. The van der Waals surface area contributed by atoms with Crippen molar-refractivity contribution in [2.45, 2.75) is 56.9 Å². The third-order valence-electron chi connectivity index (χ3n) is 4.84. The second-order valence-corrected chi connectivity index (χ2v) is 6.38. The number of carboxylic acid groups (broad SMARTS) is 1. The van der Waals surface area contributed by atoms with Crippen LogP contribution in [0.4, 0.5) is 0 Å². The van der Waals surface area contributed by atoms with E-state index in [9.17, 15) is 4.79 Å². The number of hydrogen-bond acceptors (Lipinski definition) is 4. The Balaban J connectivity index is 1.85. The monoisotopic (exact) mass is 314 g/mol. The molecule has 6 nitrogen and oxygen atoms in total. The van der Waals surface area contributed by atoms with Crippen LogP contribution in [0.15, 0.2) is 30.3 Å². The van der Waals surface area contributed by atoms with Crippen molar-refractivity contribution >= 4 is 5.97 Å². The van der Waals surface area contributed by atoms with E-state index in [-0.39, 0.29) is 12.0 Å². The SMILES string of the molecule is O=C(O)Cn1nnnc1C1(CCc2ccccc2)CCCCC1. The van der Waals surface area contributed by atoms with Crippen molar-refractivity contribution in [3.8, 4) is 0 Å². The van der Waals surface area contributed by atoms with Gasteiger partial charge >= 0.3 is 5.97 Å². The molecule has 0 bridgehead atoms. The zero-order valence-corrected chi connectivity index (χ0v) is 13.2. The second-order valence-electron chi connectivity index (χ2n) is 6.38. The van der Waals surface area contributed by atoms with Crippen LogP contribution in [0.3, 0.4) is 0 Å². The van der Waals surface area contributed by atoms with Crippen LogP contribution >= 0.6 is 0 Å². The van der Waals surface area contributed by atoms with Crippen LogP contribution in [0, 0.1) is 0 Å². The van der Waals surface area contributed by atoms with Crippen molar-refractivity contribution in [3.05, 3.63) is 41.7 Å². The molecule has 0 aliphatic heterocycles. The summed E-state index contributed by atoms with van der Waals surface area (Å²) in [7, 11) is 0. The Morgan fingerprint density at radius 2 is 1.91 bits per heavy atom. The molecule has 1 aliphatic carbocycles. The van der Waals surface area contributed by atoms with Crippen molar-refractivity contribution in [3.63, 3.8) is 0 Å². The third-order valence-corrected chi connectivity index (χ3v) is 4.84. The quantitative estimate of drug-likeness (QED) is 0.886. The minimum absolute atomic E-state index is 0.104. The summed E-state index contributed by atoms with van der Waals surface area (Å²) >= 11 is 0. The average Bonchev–Trinajstić information content (AvgIpc) is 3.03. The number of aryl methyl sites for hydroxylation is 1. The molecule has 0 unspecified atom stereocenters. The van der Waals surface area contributed by atoms with Gasteiger partial charge in [-0.05, 0) is 41.7 Å². The lowest BCUT2D eigenvalue weighted by atomic mass is 9.70. The molecule has 1 saturated carbocycles. The molecule has 23 heavy (non-hydrogen) atoms. The zero-order valence-electron chi connectivity index (χ0n) is 13.2. The summed E-state index contributed by atoms with van der Waals surface area (Å²) in [4.78, 5) is 11.1. The van der Waals surface area contributed by atoms with Gasteiger partial charge in [-0.15, -0.1) is 5.10 Å². The lowest BCUT2D eigenvalue weighted by Crippen LogP contribution is -2.34. The van der Waals surface area contributed by atoms with Gasteiger partial charge in [-0.2, -0.15) is 0 Å². The van der Waals surface area contributed by atoms with Crippen molar-refractivity contribution in [1.82, 2.24) is 20.2 Å². The highest BCUT2D eigenvalue weighted by Gasteiger charge is 2.38. The van der Waals surface area contributed by atoms with Crippen LogP contribution < -0.4 is 0 Å². The van der Waals surface area contributed by atoms with Gasteiger partial charge in [-0.3, -0.25) is 4.79 Å². The molecule has 0 saturated heterocycles. The molecule has 3 rings (SSSR count). The number of benzene rings is 1. The van der Waals surface area contributed by atoms with Gasteiger partial charge in [0.05, 0.1) is 0 Å². The summed E-state index contributed by atoms with van der Waals surface area (Å²) < 4.78 is 1.47. The van der Waals surface area contributed by atoms with E-state index in [1.165, 1.54) is 16.7 Å². The Morgan fingerprint density at radius 1 is 1.17 bits per heavy atom. The number of carbonyl (C=O) groups is 1. The van der Waals surface area contributed by atoms with Crippen molar-refractivity contribution in [2.24, 2.45) is 0 Å². The molecule has 0 atom stereocenters. The molecule has 1 aromatic carbocycles. The highest BCUT2D eigenvalue weighted by Crippen LogP contribution is 2.41. The van der Waals surface area contributed by atoms with Gasteiger partial charge in [0.15, 0.2) is 5.82 Å². The predicted octanol–water partition coefficient (Wildman–Crippen LogP) is 2.59. The van der Waals surface area contributed by atoms with Gasteiger partial charge in [-0.25, -0.2) is 4.68 Å². The van der Waals surface area contributed by atoms with Crippen LogP contribution in [0.2, 0.25) is 0 Å². The van der Waals surface area contributed by atoms with E-state index in [2.05, 4.69) is 39.8 Å². The molecule has 0 spiro atoms. The summed E-state index contributed by atoms with van der Waals surface area (Å²) in [5.74, 6) is -0.164. The summed E-state index contributed by atoms with van der Waals surface area (Å²) in [6, 6.07) is 10.4. The summed E-state index contributed by atoms with van der Waals surface area (Å²) in [6.07, 6.45) is 7.49. The van der Waals surface area contributed by atoms with E-state index >= 15 is 0 Å². The van der Waals surface area contributed by atoms with Crippen LogP contribution in [-0.2, 0) is 23.2 Å². The first-order valence-electron chi connectivity index (χ1n) is 8.22. The molecule has 0 amide bonds. The van der Waals surface area contributed by atoms with E-state index in [4.69, 9.17) is 5.11 Å².